The highest BCUT2D eigenvalue weighted by Crippen LogP contribution is 2.20. The Hall–Kier alpha value is -1.18. The van der Waals surface area contributed by atoms with E-state index in [4.69, 9.17) is 4.74 Å². The van der Waals surface area contributed by atoms with Crippen LogP contribution in [0.1, 0.15) is 19.8 Å². The van der Waals surface area contributed by atoms with Crippen molar-refractivity contribution in [1.29, 1.82) is 0 Å². The number of ether oxygens (including phenoxy) is 1. The zero-order valence-corrected chi connectivity index (χ0v) is 13.4. The Morgan fingerprint density at radius 2 is 2.33 bits per heavy atom. The van der Waals surface area contributed by atoms with Crippen molar-refractivity contribution >= 4 is 15.8 Å². The Kier molecular flexibility index (Phi) is 5.55. The highest BCUT2D eigenvalue weighted by molar-refractivity contribution is 7.89. The second-order valence-electron chi connectivity index (χ2n) is 5.28. The lowest BCUT2D eigenvalue weighted by atomic mass is 10.0. The van der Waals surface area contributed by atoms with Gasteiger partial charge in [0.25, 0.3) is 0 Å². The molecule has 1 aromatic heterocycles. The van der Waals surface area contributed by atoms with Crippen molar-refractivity contribution in [1.82, 2.24) is 9.29 Å². The first-order chi connectivity index (χ1) is 10.0. The van der Waals surface area contributed by atoms with E-state index >= 15 is 0 Å². The molecule has 118 valence electrons. The number of hydrogen-bond donors (Lipinski definition) is 1. The molecule has 1 saturated heterocycles. The lowest BCUT2D eigenvalue weighted by molar-refractivity contribution is 0.0495. The standard InChI is InChI=1S/C14H23N3O3S/c1-3-15-14-9-13(6-7-16-14)21(18,19)17(2)10-12-5-4-8-20-11-12/h6-7,9,12H,3-5,8,10-11H2,1-2H3,(H,15,16). The molecule has 1 fully saturated rings. The smallest absolute Gasteiger partial charge is 0.243 e. The van der Waals surface area contributed by atoms with Gasteiger partial charge in [-0.05, 0) is 31.7 Å². The van der Waals surface area contributed by atoms with E-state index in [9.17, 15) is 8.42 Å². The highest BCUT2D eigenvalue weighted by Gasteiger charge is 2.25. The fourth-order valence-corrected chi connectivity index (χ4v) is 3.70. The molecule has 2 rings (SSSR count). The van der Waals surface area contributed by atoms with Crippen molar-refractivity contribution < 1.29 is 13.2 Å². The lowest BCUT2D eigenvalue weighted by Gasteiger charge is -2.26. The van der Waals surface area contributed by atoms with E-state index in [1.54, 1.807) is 13.1 Å². The number of pyridine rings is 1. The van der Waals surface area contributed by atoms with Crippen LogP contribution < -0.4 is 5.32 Å². The first kappa shape index (κ1) is 16.2. The molecule has 1 atom stereocenters. The monoisotopic (exact) mass is 313 g/mol. The number of nitrogens with zero attached hydrogens (tertiary/aromatic N) is 2. The third-order valence-electron chi connectivity index (χ3n) is 3.57. The molecule has 0 spiro atoms. The van der Waals surface area contributed by atoms with E-state index in [1.807, 2.05) is 6.92 Å². The summed E-state index contributed by atoms with van der Waals surface area (Å²) < 4.78 is 32.0. The summed E-state index contributed by atoms with van der Waals surface area (Å²) in [7, 11) is -1.86. The molecule has 1 aliphatic rings. The fourth-order valence-electron chi connectivity index (χ4n) is 2.44. The maximum atomic E-state index is 12.6. The Bertz CT molecular complexity index is 556. The molecular formula is C14H23N3O3S. The molecule has 21 heavy (non-hydrogen) atoms. The van der Waals surface area contributed by atoms with Crippen molar-refractivity contribution in [2.24, 2.45) is 5.92 Å². The van der Waals surface area contributed by atoms with Crippen LogP contribution >= 0.6 is 0 Å². The van der Waals surface area contributed by atoms with Crippen LogP contribution in [-0.2, 0) is 14.8 Å². The molecule has 0 aromatic carbocycles. The van der Waals surface area contributed by atoms with E-state index in [1.165, 1.54) is 16.6 Å². The van der Waals surface area contributed by atoms with Crippen LogP contribution in [0.2, 0.25) is 0 Å². The second-order valence-corrected chi connectivity index (χ2v) is 7.32. The van der Waals surface area contributed by atoms with Crippen LogP contribution in [0.3, 0.4) is 0 Å². The van der Waals surface area contributed by atoms with Crippen LogP contribution in [0.4, 0.5) is 5.82 Å². The molecule has 1 unspecified atom stereocenters. The van der Waals surface area contributed by atoms with Gasteiger partial charge in [-0.1, -0.05) is 0 Å². The highest BCUT2D eigenvalue weighted by atomic mass is 32.2. The van der Waals surface area contributed by atoms with E-state index < -0.39 is 10.0 Å². The molecular weight excluding hydrogens is 290 g/mol. The van der Waals surface area contributed by atoms with Gasteiger partial charge in [-0.15, -0.1) is 0 Å². The molecule has 0 radical (unpaired) electrons. The van der Waals surface area contributed by atoms with Gasteiger partial charge >= 0.3 is 0 Å². The topological polar surface area (TPSA) is 71.5 Å². The van der Waals surface area contributed by atoms with Crippen molar-refractivity contribution in [3.63, 3.8) is 0 Å². The van der Waals surface area contributed by atoms with Crippen molar-refractivity contribution in [2.45, 2.75) is 24.7 Å². The number of rotatable bonds is 6. The molecule has 0 saturated carbocycles. The number of anilines is 1. The number of sulfonamides is 1. The van der Waals surface area contributed by atoms with Gasteiger partial charge < -0.3 is 10.1 Å². The summed E-state index contributed by atoms with van der Waals surface area (Å²) in [5.41, 5.74) is 0. The minimum absolute atomic E-state index is 0.271. The van der Waals surface area contributed by atoms with Gasteiger partial charge in [0.2, 0.25) is 10.0 Å². The zero-order chi connectivity index (χ0) is 15.3. The zero-order valence-electron chi connectivity index (χ0n) is 12.6. The van der Waals surface area contributed by atoms with Crippen LogP contribution in [-0.4, -0.2) is 51.1 Å². The second kappa shape index (κ2) is 7.20. The SMILES string of the molecule is CCNc1cc(S(=O)(=O)N(C)CC2CCCOC2)ccn1. The Labute approximate surface area is 126 Å². The summed E-state index contributed by atoms with van der Waals surface area (Å²) in [6, 6.07) is 3.11. The minimum Gasteiger partial charge on any atom is -0.381 e. The van der Waals surface area contributed by atoms with Crippen LogP contribution in [0.25, 0.3) is 0 Å². The first-order valence-electron chi connectivity index (χ1n) is 7.28. The van der Waals surface area contributed by atoms with Gasteiger partial charge in [-0.3, -0.25) is 0 Å². The van der Waals surface area contributed by atoms with Gasteiger partial charge in [0.05, 0.1) is 11.5 Å². The van der Waals surface area contributed by atoms with Crippen molar-refractivity contribution in [3.8, 4) is 0 Å². The van der Waals surface area contributed by atoms with Crippen molar-refractivity contribution in [2.75, 3.05) is 38.7 Å². The molecule has 2 heterocycles. The van der Waals surface area contributed by atoms with Gasteiger partial charge in [0.15, 0.2) is 0 Å². The Balaban J connectivity index is 2.10. The Morgan fingerprint density at radius 1 is 1.52 bits per heavy atom. The molecule has 1 aromatic rings. The minimum atomic E-state index is -3.48. The Morgan fingerprint density at radius 3 is 3.00 bits per heavy atom. The molecule has 0 amide bonds. The van der Waals surface area contributed by atoms with Gasteiger partial charge in [0.1, 0.15) is 5.82 Å². The quantitative estimate of drug-likeness (QED) is 0.863. The summed E-state index contributed by atoms with van der Waals surface area (Å²) >= 11 is 0. The third kappa shape index (κ3) is 4.15. The number of nitrogens with one attached hydrogen (secondary N) is 1. The lowest BCUT2D eigenvalue weighted by Crippen LogP contribution is -2.35. The molecule has 7 heteroatoms. The van der Waals surface area contributed by atoms with E-state index in [0.29, 0.717) is 25.5 Å². The van der Waals surface area contributed by atoms with Crippen LogP contribution in [0.5, 0.6) is 0 Å². The average molecular weight is 313 g/mol. The van der Waals surface area contributed by atoms with E-state index in [2.05, 4.69) is 10.3 Å². The molecule has 1 aliphatic heterocycles. The molecule has 0 aliphatic carbocycles. The molecule has 1 N–H and O–H groups in total. The summed E-state index contributed by atoms with van der Waals surface area (Å²) in [6.45, 7) is 4.55. The summed E-state index contributed by atoms with van der Waals surface area (Å²) in [5.74, 6) is 0.849. The predicted molar refractivity (Wildman–Crippen MR) is 81.8 cm³/mol. The van der Waals surface area contributed by atoms with Crippen LogP contribution in [0, 0.1) is 5.92 Å². The largest absolute Gasteiger partial charge is 0.381 e. The average Bonchev–Trinajstić information content (AvgIpc) is 2.49. The van der Waals surface area contributed by atoms with E-state index in [-0.39, 0.29) is 10.8 Å². The van der Waals surface area contributed by atoms with Crippen LogP contribution in [0.15, 0.2) is 23.2 Å². The first-order valence-corrected chi connectivity index (χ1v) is 8.72. The van der Waals surface area contributed by atoms with Gasteiger partial charge in [-0.2, -0.15) is 0 Å². The number of hydrogen-bond acceptors (Lipinski definition) is 5. The maximum absolute atomic E-state index is 12.6. The normalized spacial score (nSPS) is 19.7. The summed E-state index contributed by atoms with van der Waals surface area (Å²) in [5, 5.41) is 3.03. The van der Waals surface area contributed by atoms with E-state index in [0.717, 1.165) is 19.4 Å². The predicted octanol–water partition coefficient (Wildman–Crippen LogP) is 1.56. The molecule has 6 nitrogen and oxygen atoms in total. The third-order valence-corrected chi connectivity index (χ3v) is 5.39. The molecule has 0 bridgehead atoms. The van der Waals surface area contributed by atoms with Gasteiger partial charge in [-0.25, -0.2) is 17.7 Å². The van der Waals surface area contributed by atoms with Crippen molar-refractivity contribution in [3.05, 3.63) is 18.3 Å². The van der Waals surface area contributed by atoms with Gasteiger partial charge in [0, 0.05) is 39.0 Å². The summed E-state index contributed by atoms with van der Waals surface area (Å²) in [6.07, 6.45) is 3.53. The maximum Gasteiger partial charge on any atom is 0.243 e. The number of aromatic nitrogens is 1. The fraction of sp³-hybridized carbons (Fsp3) is 0.643. The summed E-state index contributed by atoms with van der Waals surface area (Å²) in [4.78, 5) is 4.37.